The minimum absolute atomic E-state index is 0.182. The molecular weight excluding hydrogens is 445 g/mol. The second-order valence-electron chi connectivity index (χ2n) is 7.52. The third kappa shape index (κ3) is 5.44. The summed E-state index contributed by atoms with van der Waals surface area (Å²) in [5.41, 5.74) is 6.27. The molecule has 1 aliphatic heterocycles. The fourth-order valence-electron chi connectivity index (χ4n) is 3.24. The van der Waals surface area contributed by atoms with Crippen LogP contribution in [0.2, 0.25) is 5.02 Å². The second kappa shape index (κ2) is 9.67. The average Bonchev–Trinajstić information content (AvgIpc) is 2.94. The molecule has 162 valence electrons. The number of rotatable bonds is 4. The number of hydrogen-bond acceptors (Lipinski definition) is 4. The number of fused-ring (bicyclic) bond motifs is 1. The third-order valence-corrected chi connectivity index (χ3v) is 6.31. The van der Waals surface area contributed by atoms with Crippen molar-refractivity contribution < 1.29 is 9.18 Å². The van der Waals surface area contributed by atoms with Gasteiger partial charge < -0.3 is 5.32 Å². The van der Waals surface area contributed by atoms with Crippen molar-refractivity contribution in [2.45, 2.75) is 20.3 Å². The van der Waals surface area contributed by atoms with Gasteiger partial charge in [0.15, 0.2) is 0 Å². The van der Waals surface area contributed by atoms with Crippen LogP contribution in [0.3, 0.4) is 0 Å². The molecule has 1 aliphatic rings. The Balaban J connectivity index is 1.57. The Morgan fingerprint density at radius 3 is 2.28 bits per heavy atom. The maximum Gasteiger partial charge on any atom is 0.234 e. The number of benzene rings is 3. The van der Waals surface area contributed by atoms with E-state index in [9.17, 15) is 9.18 Å². The summed E-state index contributed by atoms with van der Waals surface area (Å²) in [5.74, 6) is -0.341. The normalized spacial score (nSPS) is 13.0. The van der Waals surface area contributed by atoms with Gasteiger partial charge in [-0.3, -0.25) is 9.79 Å². The van der Waals surface area contributed by atoms with E-state index in [4.69, 9.17) is 21.6 Å². The molecule has 0 spiro atoms. The van der Waals surface area contributed by atoms with Crippen molar-refractivity contribution >= 4 is 57.1 Å². The molecule has 0 radical (unpaired) electrons. The molecule has 0 unspecified atom stereocenters. The van der Waals surface area contributed by atoms with E-state index in [-0.39, 0.29) is 17.5 Å². The van der Waals surface area contributed by atoms with E-state index >= 15 is 0 Å². The van der Waals surface area contributed by atoms with E-state index in [1.807, 2.05) is 43.3 Å². The van der Waals surface area contributed by atoms with Crippen LogP contribution in [0.25, 0.3) is 0 Å². The molecule has 0 fully saturated rings. The lowest BCUT2D eigenvalue weighted by Crippen LogP contribution is -2.16. The number of thioether (sulfide) groups is 1. The summed E-state index contributed by atoms with van der Waals surface area (Å²) >= 11 is 7.43. The van der Waals surface area contributed by atoms with Gasteiger partial charge in [0, 0.05) is 17.1 Å². The van der Waals surface area contributed by atoms with Gasteiger partial charge in [-0.2, -0.15) is 0 Å². The van der Waals surface area contributed by atoms with Crippen LogP contribution in [0.5, 0.6) is 0 Å². The second-order valence-corrected chi connectivity index (χ2v) is 9.00. The first-order valence-electron chi connectivity index (χ1n) is 10.1. The zero-order valence-corrected chi connectivity index (χ0v) is 19.2. The molecule has 4 nitrogen and oxygen atoms in total. The molecule has 0 aliphatic carbocycles. The van der Waals surface area contributed by atoms with Gasteiger partial charge in [0.05, 0.1) is 27.9 Å². The number of aliphatic imine (C=N–C) groups is 2. The van der Waals surface area contributed by atoms with Crippen molar-refractivity contribution in [3.63, 3.8) is 0 Å². The van der Waals surface area contributed by atoms with Gasteiger partial charge >= 0.3 is 0 Å². The van der Waals surface area contributed by atoms with Crippen molar-refractivity contribution in [1.82, 2.24) is 0 Å². The van der Waals surface area contributed by atoms with Gasteiger partial charge in [0.1, 0.15) is 5.82 Å². The molecule has 0 atom stereocenters. The number of carbonyl (C=O) groups is 1. The number of amides is 1. The van der Waals surface area contributed by atoms with Crippen LogP contribution in [0.15, 0.2) is 70.6 Å². The highest BCUT2D eigenvalue weighted by molar-refractivity contribution is 8.14. The quantitative estimate of drug-likeness (QED) is 0.450. The van der Waals surface area contributed by atoms with Gasteiger partial charge in [-0.1, -0.05) is 23.7 Å². The van der Waals surface area contributed by atoms with Gasteiger partial charge in [-0.25, -0.2) is 9.38 Å². The maximum atomic E-state index is 13.1. The van der Waals surface area contributed by atoms with Gasteiger partial charge in [0.2, 0.25) is 5.91 Å². The van der Waals surface area contributed by atoms with Crippen LogP contribution in [-0.2, 0) is 4.79 Å². The van der Waals surface area contributed by atoms with Crippen LogP contribution >= 0.6 is 23.4 Å². The van der Waals surface area contributed by atoms with E-state index in [0.717, 1.165) is 38.8 Å². The summed E-state index contributed by atoms with van der Waals surface area (Å²) in [4.78, 5) is 22.2. The third-order valence-electron chi connectivity index (χ3n) is 5.09. The molecule has 0 saturated heterocycles. The van der Waals surface area contributed by atoms with Crippen molar-refractivity contribution in [3.05, 3.63) is 88.2 Å². The molecule has 0 aromatic heterocycles. The lowest BCUT2D eigenvalue weighted by Gasteiger charge is -2.08. The van der Waals surface area contributed by atoms with Crippen molar-refractivity contribution in [2.75, 3.05) is 11.1 Å². The van der Waals surface area contributed by atoms with Gasteiger partial charge in [0.25, 0.3) is 0 Å². The monoisotopic (exact) mass is 465 g/mol. The number of nitrogens with one attached hydrogen (secondary N) is 1. The molecule has 4 rings (SSSR count). The standard InChI is InChI=1S/C25H21ClFN3OS/c1-15-11-22-23(12-16(15)2)30-25(13-21(29-22)17-3-5-18(26)6-4-17)32-14-24(31)28-20-9-7-19(27)8-10-20/h3-12H,13-14H2,1-2H3,(H,28,31). The molecular formula is C25H21ClFN3OS. The zero-order valence-electron chi connectivity index (χ0n) is 17.7. The van der Waals surface area contributed by atoms with E-state index in [1.165, 1.54) is 36.0 Å². The Kier molecular flexibility index (Phi) is 6.72. The Labute approximate surface area is 195 Å². The molecule has 0 bridgehead atoms. The number of nitrogens with zero attached hydrogens (tertiary/aromatic N) is 2. The number of aryl methyl sites for hydroxylation is 2. The van der Waals surface area contributed by atoms with Crippen LogP contribution < -0.4 is 5.32 Å². The predicted octanol–water partition coefficient (Wildman–Crippen LogP) is 7.02. The van der Waals surface area contributed by atoms with E-state index < -0.39 is 0 Å². The molecule has 1 N–H and O–H groups in total. The highest BCUT2D eigenvalue weighted by Crippen LogP contribution is 2.36. The largest absolute Gasteiger partial charge is 0.325 e. The molecule has 32 heavy (non-hydrogen) atoms. The summed E-state index contributed by atoms with van der Waals surface area (Å²) < 4.78 is 13.1. The highest BCUT2D eigenvalue weighted by atomic mass is 35.5. The van der Waals surface area contributed by atoms with Crippen molar-refractivity contribution in [2.24, 2.45) is 9.98 Å². The fraction of sp³-hybridized carbons (Fsp3) is 0.160. The number of hydrogen-bond donors (Lipinski definition) is 1. The molecule has 3 aromatic carbocycles. The average molecular weight is 466 g/mol. The van der Waals surface area contributed by atoms with Crippen LogP contribution in [-0.4, -0.2) is 22.4 Å². The van der Waals surface area contributed by atoms with Crippen LogP contribution in [0.1, 0.15) is 23.1 Å². The predicted molar refractivity (Wildman–Crippen MR) is 133 cm³/mol. The van der Waals surface area contributed by atoms with Crippen molar-refractivity contribution in [3.8, 4) is 0 Å². The SMILES string of the molecule is Cc1cc2c(cc1C)N=C(c1ccc(Cl)cc1)CC(SCC(=O)Nc1ccc(F)cc1)=N2. The van der Waals surface area contributed by atoms with Gasteiger partial charge in [-0.05, 0) is 79.1 Å². The first-order chi connectivity index (χ1) is 15.4. The Morgan fingerprint density at radius 1 is 1.00 bits per heavy atom. The lowest BCUT2D eigenvalue weighted by molar-refractivity contribution is -0.113. The first kappa shape index (κ1) is 22.2. The Hall–Kier alpha value is -2.96. The first-order valence-corrected chi connectivity index (χ1v) is 11.4. The lowest BCUT2D eigenvalue weighted by atomic mass is 10.1. The zero-order chi connectivity index (χ0) is 22.7. The number of halogens is 2. The summed E-state index contributed by atoms with van der Waals surface area (Å²) in [6.07, 6.45) is 0.503. The number of carbonyl (C=O) groups excluding carboxylic acids is 1. The van der Waals surface area contributed by atoms with E-state index in [1.54, 1.807) is 0 Å². The van der Waals surface area contributed by atoms with E-state index in [2.05, 4.69) is 12.2 Å². The smallest absolute Gasteiger partial charge is 0.234 e. The summed E-state index contributed by atoms with van der Waals surface area (Å²) in [7, 11) is 0. The fourth-order valence-corrected chi connectivity index (χ4v) is 4.14. The number of anilines is 1. The van der Waals surface area contributed by atoms with Crippen LogP contribution in [0.4, 0.5) is 21.5 Å². The Morgan fingerprint density at radius 2 is 1.62 bits per heavy atom. The maximum absolute atomic E-state index is 13.1. The minimum atomic E-state index is -0.344. The Bertz CT molecular complexity index is 1220. The topological polar surface area (TPSA) is 53.8 Å². The van der Waals surface area contributed by atoms with Crippen molar-refractivity contribution in [1.29, 1.82) is 0 Å². The highest BCUT2D eigenvalue weighted by Gasteiger charge is 2.17. The van der Waals surface area contributed by atoms with E-state index in [0.29, 0.717) is 17.1 Å². The van der Waals surface area contributed by atoms with Crippen LogP contribution in [0, 0.1) is 19.7 Å². The molecule has 1 amide bonds. The molecule has 3 aromatic rings. The molecule has 7 heteroatoms. The molecule has 0 saturated carbocycles. The molecule has 1 heterocycles. The van der Waals surface area contributed by atoms with Gasteiger partial charge in [-0.15, -0.1) is 11.8 Å². The summed E-state index contributed by atoms with van der Waals surface area (Å²) in [6, 6.07) is 17.3. The summed E-state index contributed by atoms with van der Waals surface area (Å²) in [5, 5.41) is 4.25. The summed E-state index contributed by atoms with van der Waals surface area (Å²) in [6.45, 7) is 4.10. The minimum Gasteiger partial charge on any atom is -0.325 e.